The van der Waals surface area contributed by atoms with Crippen molar-refractivity contribution in [1.29, 1.82) is 5.26 Å². The van der Waals surface area contributed by atoms with E-state index in [9.17, 15) is 17.6 Å². The number of amides is 1. The predicted octanol–water partition coefficient (Wildman–Crippen LogP) is 4.48. The number of halogens is 1. The Morgan fingerprint density at radius 3 is 2.15 bits per heavy atom. The molecule has 3 aromatic rings. The van der Waals surface area contributed by atoms with Crippen LogP contribution in [0.5, 0.6) is 0 Å². The number of hydrogen-bond acceptors (Lipinski definition) is 4. The van der Waals surface area contributed by atoms with Gasteiger partial charge in [-0.2, -0.15) is 5.26 Å². The van der Waals surface area contributed by atoms with Gasteiger partial charge in [0.25, 0.3) is 10.0 Å². The van der Waals surface area contributed by atoms with Crippen LogP contribution in [0.15, 0.2) is 77.7 Å². The summed E-state index contributed by atoms with van der Waals surface area (Å²) in [4.78, 5) is 14.6. The predicted molar refractivity (Wildman–Crippen MR) is 124 cm³/mol. The van der Waals surface area contributed by atoms with Crippen LogP contribution in [0.1, 0.15) is 30.0 Å². The van der Waals surface area contributed by atoms with Crippen LogP contribution in [0, 0.1) is 17.1 Å². The molecule has 0 aliphatic rings. The van der Waals surface area contributed by atoms with Gasteiger partial charge < -0.3 is 4.90 Å². The third-order valence-electron chi connectivity index (χ3n) is 4.99. The fourth-order valence-electron chi connectivity index (χ4n) is 3.27. The van der Waals surface area contributed by atoms with E-state index in [1.807, 2.05) is 19.1 Å². The zero-order valence-corrected chi connectivity index (χ0v) is 19.0. The first-order valence-electron chi connectivity index (χ1n) is 10.4. The van der Waals surface area contributed by atoms with Gasteiger partial charge in [0.2, 0.25) is 5.91 Å². The largest absolute Gasteiger partial charge is 0.338 e. The number of rotatable bonds is 9. The van der Waals surface area contributed by atoms with Gasteiger partial charge in [0, 0.05) is 18.8 Å². The number of anilines is 1. The molecule has 0 aliphatic heterocycles. The van der Waals surface area contributed by atoms with Crippen molar-refractivity contribution >= 4 is 21.6 Å². The van der Waals surface area contributed by atoms with Gasteiger partial charge in [-0.25, -0.2) is 12.8 Å². The summed E-state index contributed by atoms with van der Waals surface area (Å²) in [6.45, 7) is 3.06. The van der Waals surface area contributed by atoms with Gasteiger partial charge in [-0.05, 0) is 66.1 Å². The maximum Gasteiger partial charge on any atom is 0.261 e. The SMILES string of the molecule is CCCN(Cc1ccc(C#N)cc1)C(=O)Cc1ccc(NS(=O)(=O)c2ccc(F)cc2)cc1. The van der Waals surface area contributed by atoms with E-state index in [1.165, 1.54) is 12.1 Å². The fourth-order valence-corrected chi connectivity index (χ4v) is 4.33. The molecule has 3 rings (SSSR count). The zero-order chi connectivity index (χ0) is 23.8. The first-order chi connectivity index (χ1) is 15.8. The molecular formula is C25H24FN3O3S. The highest BCUT2D eigenvalue weighted by atomic mass is 32.2. The minimum Gasteiger partial charge on any atom is -0.338 e. The van der Waals surface area contributed by atoms with Crippen molar-refractivity contribution in [3.63, 3.8) is 0 Å². The molecule has 1 N–H and O–H groups in total. The highest BCUT2D eigenvalue weighted by Gasteiger charge is 2.16. The lowest BCUT2D eigenvalue weighted by Gasteiger charge is -2.22. The van der Waals surface area contributed by atoms with E-state index < -0.39 is 15.8 Å². The van der Waals surface area contributed by atoms with Crippen LogP contribution in [0.25, 0.3) is 0 Å². The number of sulfonamides is 1. The molecule has 33 heavy (non-hydrogen) atoms. The number of benzene rings is 3. The molecular weight excluding hydrogens is 441 g/mol. The molecule has 0 aromatic heterocycles. The molecule has 0 atom stereocenters. The summed E-state index contributed by atoms with van der Waals surface area (Å²) in [6.07, 6.45) is 0.993. The summed E-state index contributed by atoms with van der Waals surface area (Å²) >= 11 is 0. The van der Waals surface area contributed by atoms with Gasteiger partial charge in [0.05, 0.1) is 22.9 Å². The third kappa shape index (κ3) is 6.64. The van der Waals surface area contributed by atoms with E-state index in [1.54, 1.807) is 41.3 Å². The first kappa shape index (κ1) is 24.0. The van der Waals surface area contributed by atoms with Crippen molar-refractivity contribution in [3.05, 3.63) is 95.3 Å². The molecule has 6 nitrogen and oxygen atoms in total. The van der Waals surface area contributed by atoms with Gasteiger partial charge in [-0.15, -0.1) is 0 Å². The highest BCUT2D eigenvalue weighted by molar-refractivity contribution is 7.92. The molecule has 0 fully saturated rings. The number of nitriles is 1. The Morgan fingerprint density at radius 1 is 0.970 bits per heavy atom. The normalized spacial score (nSPS) is 10.9. The second-order valence-electron chi connectivity index (χ2n) is 7.56. The average molecular weight is 466 g/mol. The van der Waals surface area contributed by atoms with E-state index >= 15 is 0 Å². The standard InChI is InChI=1S/C25H24FN3O3S/c1-2-15-29(18-21-5-3-20(17-27)4-6-21)25(30)16-19-7-11-23(12-8-19)28-33(31,32)24-13-9-22(26)10-14-24/h3-14,28H,2,15-16,18H2,1H3. The Hall–Kier alpha value is -3.70. The molecule has 0 saturated heterocycles. The number of carbonyl (C=O) groups is 1. The lowest BCUT2D eigenvalue weighted by Crippen LogP contribution is -2.32. The lowest BCUT2D eigenvalue weighted by molar-refractivity contribution is -0.131. The number of nitrogens with one attached hydrogen (secondary N) is 1. The van der Waals surface area contributed by atoms with Crippen molar-refractivity contribution in [1.82, 2.24) is 4.90 Å². The summed E-state index contributed by atoms with van der Waals surface area (Å²) in [5.74, 6) is -0.555. The van der Waals surface area contributed by atoms with Gasteiger partial charge in [0.15, 0.2) is 0 Å². The number of hydrogen-bond donors (Lipinski definition) is 1. The molecule has 0 spiro atoms. The number of carbonyl (C=O) groups excluding carboxylic acids is 1. The van der Waals surface area contributed by atoms with Crippen LogP contribution in [-0.2, 0) is 27.8 Å². The van der Waals surface area contributed by atoms with Gasteiger partial charge in [0.1, 0.15) is 5.82 Å². The summed E-state index contributed by atoms with van der Waals surface area (Å²) in [5.41, 5.74) is 2.62. The Morgan fingerprint density at radius 2 is 1.58 bits per heavy atom. The molecule has 0 heterocycles. The zero-order valence-electron chi connectivity index (χ0n) is 18.2. The van der Waals surface area contributed by atoms with Crippen LogP contribution in [0.4, 0.5) is 10.1 Å². The summed E-state index contributed by atoms with van der Waals surface area (Å²) in [7, 11) is -3.84. The van der Waals surface area contributed by atoms with Crippen LogP contribution in [0.2, 0.25) is 0 Å². The van der Waals surface area contributed by atoms with Crippen LogP contribution < -0.4 is 4.72 Å². The Kier molecular flexibility index (Phi) is 7.80. The molecule has 0 aliphatic carbocycles. The minimum atomic E-state index is -3.84. The monoisotopic (exact) mass is 465 g/mol. The fraction of sp³-hybridized carbons (Fsp3) is 0.200. The molecule has 0 radical (unpaired) electrons. The maximum atomic E-state index is 13.1. The van der Waals surface area contributed by atoms with Gasteiger partial charge in [-0.1, -0.05) is 31.2 Å². The van der Waals surface area contributed by atoms with Gasteiger partial charge >= 0.3 is 0 Å². The van der Waals surface area contributed by atoms with Crippen LogP contribution >= 0.6 is 0 Å². The molecule has 0 saturated carbocycles. The second-order valence-corrected chi connectivity index (χ2v) is 9.24. The Bertz CT molecular complexity index is 1230. The minimum absolute atomic E-state index is 0.0406. The van der Waals surface area contributed by atoms with E-state index in [0.29, 0.717) is 24.3 Å². The smallest absolute Gasteiger partial charge is 0.261 e. The van der Waals surface area contributed by atoms with E-state index in [4.69, 9.17) is 5.26 Å². The Balaban J connectivity index is 1.65. The van der Waals surface area contributed by atoms with Crippen molar-refractivity contribution in [2.75, 3.05) is 11.3 Å². The first-order valence-corrected chi connectivity index (χ1v) is 11.9. The summed E-state index contributed by atoms with van der Waals surface area (Å²) in [5, 5.41) is 8.93. The average Bonchev–Trinajstić information content (AvgIpc) is 2.80. The molecule has 0 bridgehead atoms. The molecule has 1 amide bonds. The van der Waals surface area contributed by atoms with Crippen LogP contribution in [-0.4, -0.2) is 25.8 Å². The molecule has 0 unspecified atom stereocenters. The quantitative estimate of drug-likeness (QED) is 0.505. The summed E-state index contributed by atoms with van der Waals surface area (Å²) in [6, 6.07) is 20.4. The molecule has 8 heteroatoms. The van der Waals surface area contributed by atoms with E-state index in [0.717, 1.165) is 29.7 Å². The summed E-state index contributed by atoms with van der Waals surface area (Å²) < 4.78 is 40.4. The van der Waals surface area contributed by atoms with Crippen molar-refractivity contribution in [2.24, 2.45) is 0 Å². The van der Waals surface area contributed by atoms with E-state index in [2.05, 4.69) is 10.8 Å². The topological polar surface area (TPSA) is 90.3 Å². The maximum absolute atomic E-state index is 13.1. The number of nitrogens with zero attached hydrogens (tertiary/aromatic N) is 2. The van der Waals surface area contributed by atoms with E-state index in [-0.39, 0.29) is 17.2 Å². The van der Waals surface area contributed by atoms with Crippen molar-refractivity contribution in [3.8, 4) is 6.07 Å². The molecule has 170 valence electrons. The highest BCUT2D eigenvalue weighted by Crippen LogP contribution is 2.18. The van der Waals surface area contributed by atoms with Crippen molar-refractivity contribution < 1.29 is 17.6 Å². The second kappa shape index (κ2) is 10.7. The van der Waals surface area contributed by atoms with Gasteiger partial charge in [-0.3, -0.25) is 9.52 Å². The third-order valence-corrected chi connectivity index (χ3v) is 6.39. The van der Waals surface area contributed by atoms with Crippen molar-refractivity contribution in [2.45, 2.75) is 31.2 Å². The van der Waals surface area contributed by atoms with Crippen LogP contribution in [0.3, 0.4) is 0 Å². The Labute approximate surface area is 193 Å². The molecule has 3 aromatic carbocycles. The lowest BCUT2D eigenvalue weighted by atomic mass is 10.1.